The van der Waals surface area contributed by atoms with Gasteiger partial charge in [-0.15, -0.1) is 0 Å². The molecule has 4 rings (SSSR count). The third kappa shape index (κ3) is 7.29. The lowest BCUT2D eigenvalue weighted by Gasteiger charge is -2.34. The summed E-state index contributed by atoms with van der Waals surface area (Å²) in [5.74, 6) is -6.88. The Balaban J connectivity index is 0.000000257. The molecule has 45 heavy (non-hydrogen) atoms. The molecule has 240 valence electrons. The highest BCUT2D eigenvalue weighted by molar-refractivity contribution is 6.36. The second kappa shape index (κ2) is 14.9. The highest BCUT2D eigenvalue weighted by atomic mass is 35.5. The minimum absolute atomic E-state index is 0.0657. The topological polar surface area (TPSA) is 171 Å². The molecule has 0 amide bonds. The number of methoxy groups -OCH3 is 1. The van der Waals surface area contributed by atoms with Crippen LogP contribution in [0.4, 0.5) is 0 Å². The molecule has 0 aromatic heterocycles. The van der Waals surface area contributed by atoms with E-state index < -0.39 is 45.8 Å². The summed E-state index contributed by atoms with van der Waals surface area (Å²) in [7, 11) is 3.70. The molecule has 3 aromatic carbocycles. The first-order valence-corrected chi connectivity index (χ1v) is 14.5. The Morgan fingerprint density at radius 1 is 0.867 bits per heavy atom. The number of carboxylic acids is 2. The summed E-state index contributed by atoms with van der Waals surface area (Å²) in [6.07, 6.45) is 2.42. The van der Waals surface area contributed by atoms with Gasteiger partial charge in [-0.1, -0.05) is 83.9 Å². The van der Waals surface area contributed by atoms with Crippen molar-refractivity contribution in [1.29, 1.82) is 0 Å². The van der Waals surface area contributed by atoms with Gasteiger partial charge in [0.05, 0.1) is 12.1 Å². The number of ether oxygens (including phenoxy) is 2. The Labute approximate surface area is 269 Å². The van der Waals surface area contributed by atoms with E-state index in [9.17, 15) is 39.6 Å². The lowest BCUT2D eigenvalue weighted by molar-refractivity contribution is -0.187. The van der Waals surface area contributed by atoms with E-state index in [1.165, 1.54) is 42.8 Å². The number of hydrogen-bond acceptors (Lipinski definition) is 9. The van der Waals surface area contributed by atoms with Gasteiger partial charge in [-0.3, -0.25) is 14.5 Å². The highest BCUT2D eigenvalue weighted by Gasteiger charge is 2.69. The Morgan fingerprint density at radius 2 is 1.33 bits per heavy atom. The van der Waals surface area contributed by atoms with E-state index in [0.717, 1.165) is 37.2 Å². The summed E-state index contributed by atoms with van der Waals surface area (Å²) in [5.41, 5.74) is -8.68. The second-order valence-electron chi connectivity index (χ2n) is 10.4. The predicted octanol–water partition coefficient (Wildman–Crippen LogP) is 4.25. The van der Waals surface area contributed by atoms with Crippen molar-refractivity contribution >= 4 is 46.7 Å². The summed E-state index contributed by atoms with van der Waals surface area (Å²) in [6.45, 7) is 3.19. The SMILES string of the molecule is COc1c(Cl)cc(Cl)cc1OC(C)C1CCCN1C.O=C(O)C(O)(C(=O)c1ccccc1)C(O)(C(=O)O)C(=O)c1ccccc1. The number of carbonyl (C=O) groups excluding carboxylic acids is 2. The minimum Gasteiger partial charge on any atom is -0.491 e. The van der Waals surface area contributed by atoms with E-state index in [0.29, 0.717) is 27.6 Å². The van der Waals surface area contributed by atoms with Crippen molar-refractivity contribution in [3.8, 4) is 11.5 Å². The Morgan fingerprint density at radius 3 is 1.71 bits per heavy atom. The Bertz CT molecular complexity index is 1460. The van der Waals surface area contributed by atoms with Crippen molar-refractivity contribution in [1.82, 2.24) is 4.90 Å². The molecule has 0 radical (unpaired) electrons. The van der Waals surface area contributed by atoms with E-state index in [-0.39, 0.29) is 6.10 Å². The molecule has 1 fully saturated rings. The maximum atomic E-state index is 12.6. The molecular weight excluding hydrogens is 629 g/mol. The lowest BCUT2D eigenvalue weighted by atomic mass is 9.73. The van der Waals surface area contributed by atoms with Crippen molar-refractivity contribution < 1.29 is 49.1 Å². The number of Topliss-reactive ketones (excluding diaryl/α,β-unsaturated/α-hetero) is 2. The number of nitrogens with zero attached hydrogens (tertiary/aromatic N) is 1. The standard InChI is InChI=1S/C18H14O8.C14H19Cl2NO2/c19-13(11-7-3-1-4-8-11)17(25,15(21)22)18(26,16(23)24)14(20)12-9-5-2-6-10-12;1-9(12-5-4-6-17(12)2)19-13-8-10(15)7-11(16)14(13)18-3/h1-10,25-26H,(H,21,22)(H,23,24);7-9,12H,4-6H2,1-3H3. The maximum Gasteiger partial charge on any atom is 0.348 e. The maximum absolute atomic E-state index is 12.6. The molecule has 0 aliphatic carbocycles. The summed E-state index contributed by atoms with van der Waals surface area (Å²) < 4.78 is 11.3. The third-order valence-corrected chi connectivity index (χ3v) is 7.98. The first-order chi connectivity index (χ1) is 21.2. The van der Waals surface area contributed by atoms with Gasteiger partial charge in [-0.2, -0.15) is 0 Å². The molecule has 4 unspecified atom stereocenters. The summed E-state index contributed by atoms with van der Waals surface area (Å²) >= 11 is 12.1. The van der Waals surface area contributed by atoms with Crippen LogP contribution in [-0.4, -0.2) is 92.9 Å². The second-order valence-corrected chi connectivity index (χ2v) is 11.2. The number of aliphatic hydroxyl groups is 2. The van der Waals surface area contributed by atoms with Gasteiger partial charge in [0.15, 0.2) is 11.5 Å². The number of hydrogen-bond donors (Lipinski definition) is 4. The zero-order chi connectivity index (χ0) is 33.5. The number of aliphatic carboxylic acids is 2. The minimum atomic E-state index is -3.95. The Hall–Kier alpha value is -4.00. The number of benzene rings is 3. The van der Waals surface area contributed by atoms with Crippen LogP contribution >= 0.6 is 23.2 Å². The smallest absolute Gasteiger partial charge is 0.348 e. The Kier molecular flexibility index (Phi) is 11.7. The quantitative estimate of drug-likeness (QED) is 0.171. The van der Waals surface area contributed by atoms with Crippen LogP contribution in [-0.2, 0) is 9.59 Å². The fraction of sp³-hybridized carbons (Fsp3) is 0.312. The van der Waals surface area contributed by atoms with Crippen molar-refractivity contribution in [2.75, 3.05) is 20.7 Å². The predicted molar refractivity (Wildman–Crippen MR) is 165 cm³/mol. The molecule has 0 spiro atoms. The van der Waals surface area contributed by atoms with Crippen LogP contribution in [0.3, 0.4) is 0 Å². The monoisotopic (exact) mass is 661 g/mol. The average molecular weight is 663 g/mol. The van der Waals surface area contributed by atoms with E-state index in [1.54, 1.807) is 19.2 Å². The van der Waals surface area contributed by atoms with E-state index >= 15 is 0 Å². The number of halogens is 2. The van der Waals surface area contributed by atoms with Gasteiger partial charge >= 0.3 is 11.9 Å². The van der Waals surface area contributed by atoms with Gasteiger partial charge in [0.25, 0.3) is 11.2 Å². The first-order valence-electron chi connectivity index (χ1n) is 13.7. The molecule has 11 nitrogen and oxygen atoms in total. The summed E-state index contributed by atoms with van der Waals surface area (Å²) in [6, 6.07) is 16.6. The third-order valence-electron chi connectivity index (χ3n) is 7.48. The van der Waals surface area contributed by atoms with Crippen molar-refractivity contribution in [3.05, 3.63) is 94.0 Å². The average Bonchev–Trinajstić information content (AvgIpc) is 3.46. The van der Waals surface area contributed by atoms with E-state index in [2.05, 4.69) is 18.9 Å². The fourth-order valence-electron chi connectivity index (χ4n) is 5.06. The van der Waals surface area contributed by atoms with Gasteiger partial charge < -0.3 is 29.9 Å². The highest BCUT2D eigenvalue weighted by Crippen LogP contribution is 2.39. The normalized spacial score (nSPS) is 17.9. The summed E-state index contributed by atoms with van der Waals surface area (Å²) in [4.78, 5) is 50.9. The van der Waals surface area contributed by atoms with Crippen molar-refractivity contribution in [3.63, 3.8) is 0 Å². The molecule has 1 heterocycles. The van der Waals surface area contributed by atoms with Crippen molar-refractivity contribution in [2.24, 2.45) is 0 Å². The van der Waals surface area contributed by atoms with Gasteiger partial charge in [-0.05, 0) is 39.4 Å². The number of rotatable bonds is 11. The molecule has 3 aromatic rings. The van der Waals surface area contributed by atoms with Gasteiger partial charge in [0.2, 0.25) is 11.6 Å². The van der Waals surface area contributed by atoms with Crippen LogP contribution < -0.4 is 9.47 Å². The first kappa shape index (κ1) is 35.5. The number of ketones is 2. The number of likely N-dealkylation sites (tertiary alicyclic amines) is 1. The number of carbonyl (C=O) groups is 4. The van der Waals surface area contributed by atoms with Gasteiger partial charge in [0, 0.05) is 28.3 Å². The zero-order valence-corrected chi connectivity index (χ0v) is 26.2. The lowest BCUT2D eigenvalue weighted by Crippen LogP contribution is -2.71. The molecule has 13 heteroatoms. The van der Waals surface area contributed by atoms with Crippen LogP contribution in [0, 0.1) is 0 Å². The molecular formula is C32H33Cl2NO10. The molecule has 4 atom stereocenters. The van der Waals surface area contributed by atoms with Crippen LogP contribution in [0.1, 0.15) is 40.5 Å². The molecule has 4 N–H and O–H groups in total. The van der Waals surface area contributed by atoms with Gasteiger partial charge in [-0.25, -0.2) is 9.59 Å². The van der Waals surface area contributed by atoms with Crippen LogP contribution in [0.25, 0.3) is 0 Å². The number of carboxylic acid groups (broad SMARTS) is 2. The van der Waals surface area contributed by atoms with Gasteiger partial charge in [0.1, 0.15) is 6.10 Å². The zero-order valence-electron chi connectivity index (χ0n) is 24.6. The van der Waals surface area contributed by atoms with Crippen molar-refractivity contribution in [2.45, 2.75) is 43.1 Å². The van der Waals surface area contributed by atoms with Crippen LogP contribution in [0.2, 0.25) is 10.0 Å². The van der Waals surface area contributed by atoms with Crippen LogP contribution in [0.5, 0.6) is 11.5 Å². The van der Waals surface area contributed by atoms with E-state index in [4.69, 9.17) is 32.7 Å². The molecule has 0 bridgehead atoms. The van der Waals surface area contributed by atoms with Crippen LogP contribution in [0.15, 0.2) is 72.8 Å². The fourth-order valence-corrected chi connectivity index (χ4v) is 5.61. The molecule has 1 aliphatic heterocycles. The number of likely N-dealkylation sites (N-methyl/N-ethyl adjacent to an activating group) is 1. The molecule has 1 saturated heterocycles. The molecule has 0 saturated carbocycles. The summed E-state index contributed by atoms with van der Waals surface area (Å²) in [5, 5.41) is 40.9. The largest absolute Gasteiger partial charge is 0.491 e. The molecule has 1 aliphatic rings. The van der Waals surface area contributed by atoms with E-state index in [1.807, 2.05) is 0 Å².